The van der Waals surface area contributed by atoms with Gasteiger partial charge in [0.05, 0.1) is 26.3 Å². The average molecular weight is 350 g/mol. The van der Waals surface area contributed by atoms with Gasteiger partial charge in [-0.25, -0.2) is 0 Å². The monoisotopic (exact) mass is 349 g/mol. The van der Waals surface area contributed by atoms with Gasteiger partial charge in [-0.3, -0.25) is 4.68 Å². The normalized spacial score (nSPS) is 10.2. The first kappa shape index (κ1) is 20.8. The molecule has 2 rings (SSSR count). The number of nitrogens with zero attached hydrogens (tertiary/aromatic N) is 3. The van der Waals surface area contributed by atoms with Gasteiger partial charge in [-0.15, -0.1) is 24.8 Å². The summed E-state index contributed by atoms with van der Waals surface area (Å²) in [5.74, 6) is 1.46. The highest BCUT2D eigenvalue weighted by molar-refractivity contribution is 5.85. The number of methoxy groups -OCH3 is 2. The highest BCUT2D eigenvalue weighted by atomic mass is 35.5. The van der Waals surface area contributed by atoms with Gasteiger partial charge in [0.2, 0.25) is 0 Å². The van der Waals surface area contributed by atoms with E-state index in [1.165, 1.54) is 0 Å². The van der Waals surface area contributed by atoms with Crippen LogP contribution in [-0.4, -0.2) is 48.5 Å². The Labute approximate surface area is 144 Å². The Balaban J connectivity index is 0.00000220. The summed E-state index contributed by atoms with van der Waals surface area (Å²) >= 11 is 0. The molecule has 0 aliphatic carbocycles. The Morgan fingerprint density at radius 2 is 1.64 bits per heavy atom. The van der Waals surface area contributed by atoms with Crippen LogP contribution in [0.2, 0.25) is 0 Å². The van der Waals surface area contributed by atoms with Crippen molar-refractivity contribution < 1.29 is 9.47 Å². The van der Waals surface area contributed by atoms with Gasteiger partial charge in [0.25, 0.3) is 0 Å². The maximum absolute atomic E-state index is 5.32. The van der Waals surface area contributed by atoms with E-state index in [1.54, 1.807) is 14.2 Å². The summed E-state index contributed by atoms with van der Waals surface area (Å²) < 4.78 is 12.6. The quantitative estimate of drug-likeness (QED) is 0.769. The predicted octanol–water partition coefficient (Wildman–Crippen LogP) is 3.24. The van der Waals surface area contributed by atoms with Crippen LogP contribution in [0.25, 0.3) is 10.9 Å². The van der Waals surface area contributed by atoms with E-state index in [-0.39, 0.29) is 24.8 Å². The maximum atomic E-state index is 5.32. The van der Waals surface area contributed by atoms with E-state index in [0.29, 0.717) is 5.75 Å². The Morgan fingerprint density at radius 3 is 2.18 bits per heavy atom. The van der Waals surface area contributed by atoms with Crippen LogP contribution in [0, 0.1) is 0 Å². The summed E-state index contributed by atoms with van der Waals surface area (Å²) in [7, 11) is 3.29. The van der Waals surface area contributed by atoms with Crippen molar-refractivity contribution in [2.24, 2.45) is 0 Å². The summed E-state index contributed by atoms with van der Waals surface area (Å²) in [6.45, 7) is 8.39. The molecule has 0 amide bonds. The van der Waals surface area contributed by atoms with Crippen LogP contribution in [0.15, 0.2) is 18.3 Å². The molecule has 0 unspecified atom stereocenters. The van der Waals surface area contributed by atoms with Crippen molar-refractivity contribution in [1.29, 1.82) is 0 Å². The predicted molar refractivity (Wildman–Crippen MR) is 95.1 cm³/mol. The largest absolute Gasteiger partial charge is 0.493 e. The first-order chi connectivity index (χ1) is 9.71. The Kier molecular flexibility index (Phi) is 9.25. The van der Waals surface area contributed by atoms with Gasteiger partial charge in [0, 0.05) is 24.2 Å². The van der Waals surface area contributed by atoms with E-state index >= 15 is 0 Å². The number of hydrogen-bond donors (Lipinski definition) is 0. The van der Waals surface area contributed by atoms with E-state index in [0.717, 1.165) is 42.8 Å². The zero-order valence-electron chi connectivity index (χ0n) is 13.5. The molecule has 0 spiro atoms. The standard InChI is InChI=1S/C15H23N3O2.2ClH/c1-5-17(6-2)7-8-18-11-12-9-14(19-3)15(20-4)10-13(12)16-18;;/h9-11H,5-8H2,1-4H3;2*1H. The van der Waals surface area contributed by atoms with Crippen LogP contribution in [-0.2, 0) is 6.54 Å². The lowest BCUT2D eigenvalue weighted by Crippen LogP contribution is -2.27. The molecule has 22 heavy (non-hydrogen) atoms. The van der Waals surface area contributed by atoms with Crippen molar-refractivity contribution in [2.75, 3.05) is 33.9 Å². The topological polar surface area (TPSA) is 39.5 Å². The number of rotatable bonds is 7. The lowest BCUT2D eigenvalue weighted by Gasteiger charge is -2.17. The highest BCUT2D eigenvalue weighted by Gasteiger charge is 2.09. The Morgan fingerprint density at radius 1 is 1.05 bits per heavy atom. The molecule has 1 heterocycles. The fourth-order valence-corrected chi connectivity index (χ4v) is 2.30. The third-order valence-electron chi connectivity index (χ3n) is 3.60. The fraction of sp³-hybridized carbons (Fsp3) is 0.533. The number of benzene rings is 1. The molecule has 1 aromatic carbocycles. The second kappa shape index (κ2) is 9.77. The molecule has 0 N–H and O–H groups in total. The third-order valence-corrected chi connectivity index (χ3v) is 3.60. The van der Waals surface area contributed by atoms with E-state index in [4.69, 9.17) is 9.47 Å². The minimum atomic E-state index is 0. The fourth-order valence-electron chi connectivity index (χ4n) is 2.30. The minimum Gasteiger partial charge on any atom is -0.493 e. The molecule has 0 saturated heterocycles. The molecule has 1 aromatic heterocycles. The number of likely N-dealkylation sites (N-methyl/N-ethyl adjacent to an activating group) is 1. The minimum absolute atomic E-state index is 0. The van der Waals surface area contributed by atoms with Gasteiger partial charge in [0.1, 0.15) is 0 Å². The Hall–Kier alpha value is -1.17. The van der Waals surface area contributed by atoms with Gasteiger partial charge in [-0.2, -0.15) is 5.10 Å². The van der Waals surface area contributed by atoms with Crippen molar-refractivity contribution >= 4 is 35.7 Å². The summed E-state index contributed by atoms with van der Waals surface area (Å²) in [4.78, 5) is 2.38. The lowest BCUT2D eigenvalue weighted by molar-refractivity contribution is 0.285. The van der Waals surface area contributed by atoms with E-state index in [9.17, 15) is 0 Å². The zero-order valence-corrected chi connectivity index (χ0v) is 15.2. The van der Waals surface area contributed by atoms with Crippen molar-refractivity contribution in [3.63, 3.8) is 0 Å². The van der Waals surface area contributed by atoms with Crippen molar-refractivity contribution in [3.05, 3.63) is 18.3 Å². The van der Waals surface area contributed by atoms with Crippen LogP contribution in [0.1, 0.15) is 13.8 Å². The van der Waals surface area contributed by atoms with Crippen LogP contribution in [0.3, 0.4) is 0 Å². The smallest absolute Gasteiger partial charge is 0.162 e. The number of aromatic nitrogens is 2. The van der Waals surface area contributed by atoms with Crippen LogP contribution in [0.5, 0.6) is 11.5 Å². The number of ether oxygens (including phenoxy) is 2. The summed E-state index contributed by atoms with van der Waals surface area (Å²) in [6.07, 6.45) is 2.06. The molecule has 2 aromatic rings. The molecule has 0 aliphatic rings. The molecule has 0 radical (unpaired) electrons. The summed E-state index contributed by atoms with van der Waals surface area (Å²) in [5.41, 5.74) is 0.933. The van der Waals surface area contributed by atoms with E-state index in [1.807, 2.05) is 16.8 Å². The highest BCUT2D eigenvalue weighted by Crippen LogP contribution is 2.31. The van der Waals surface area contributed by atoms with Crippen LogP contribution in [0.4, 0.5) is 0 Å². The van der Waals surface area contributed by atoms with Crippen molar-refractivity contribution in [1.82, 2.24) is 14.7 Å². The van der Waals surface area contributed by atoms with Crippen LogP contribution >= 0.6 is 24.8 Å². The Bertz CT molecular complexity index is 530. The molecular weight excluding hydrogens is 325 g/mol. The molecule has 7 heteroatoms. The molecule has 5 nitrogen and oxygen atoms in total. The molecule has 0 saturated carbocycles. The lowest BCUT2D eigenvalue weighted by atomic mass is 10.2. The molecule has 0 aliphatic heterocycles. The molecule has 0 bridgehead atoms. The van der Waals surface area contributed by atoms with Gasteiger partial charge < -0.3 is 14.4 Å². The van der Waals surface area contributed by atoms with Gasteiger partial charge >= 0.3 is 0 Å². The van der Waals surface area contributed by atoms with Crippen molar-refractivity contribution in [2.45, 2.75) is 20.4 Å². The molecule has 0 atom stereocenters. The molecule has 126 valence electrons. The first-order valence-electron chi connectivity index (χ1n) is 7.03. The number of fused-ring (bicyclic) bond motifs is 1. The molecular formula is C15H25Cl2N3O2. The second-order valence-corrected chi connectivity index (χ2v) is 4.69. The average Bonchev–Trinajstić information content (AvgIpc) is 2.88. The summed E-state index contributed by atoms with van der Waals surface area (Å²) in [6, 6.07) is 3.89. The zero-order chi connectivity index (χ0) is 14.5. The number of halogens is 2. The summed E-state index contributed by atoms with van der Waals surface area (Å²) in [5, 5.41) is 5.66. The van der Waals surface area contributed by atoms with Gasteiger partial charge in [-0.05, 0) is 19.2 Å². The molecule has 0 fully saturated rings. The number of hydrogen-bond acceptors (Lipinski definition) is 4. The maximum Gasteiger partial charge on any atom is 0.162 e. The SMILES string of the molecule is CCN(CC)CCn1cc2cc(OC)c(OC)cc2n1.Cl.Cl. The third kappa shape index (κ3) is 4.66. The van der Waals surface area contributed by atoms with Crippen LogP contribution < -0.4 is 9.47 Å². The van der Waals surface area contributed by atoms with Crippen molar-refractivity contribution in [3.8, 4) is 11.5 Å². The van der Waals surface area contributed by atoms with Gasteiger partial charge in [0.15, 0.2) is 11.5 Å². The first-order valence-corrected chi connectivity index (χ1v) is 7.03. The van der Waals surface area contributed by atoms with E-state index in [2.05, 4.69) is 30.0 Å². The van der Waals surface area contributed by atoms with E-state index < -0.39 is 0 Å². The van der Waals surface area contributed by atoms with Gasteiger partial charge in [-0.1, -0.05) is 13.8 Å². The second-order valence-electron chi connectivity index (χ2n) is 4.69.